The molecule has 0 fully saturated rings. The Balaban J connectivity index is 3.00. The molecule has 1 atom stereocenters. The number of halogens is 1. The molecule has 0 unspecified atom stereocenters. The quantitative estimate of drug-likeness (QED) is 0.570. The summed E-state index contributed by atoms with van der Waals surface area (Å²) in [6.07, 6.45) is 0. The minimum absolute atomic E-state index is 0.229. The Hall–Kier alpha value is -0.250. The molecule has 12 heavy (non-hydrogen) atoms. The van der Waals surface area contributed by atoms with Gasteiger partial charge in [-0.25, -0.2) is 0 Å². The number of aromatic hydroxyl groups is 1. The standard InChI is InChI=1S/C10H14IO/c1-7-4-9(8(2)11-3)6-10(12)5-7/h4-6,8,12H,1-3H3/q-1/t8-/m1/s1. The van der Waals surface area contributed by atoms with Crippen molar-refractivity contribution in [2.75, 3.05) is 4.93 Å². The molecule has 1 rings (SSSR count). The van der Waals surface area contributed by atoms with Crippen LogP contribution >= 0.6 is 0 Å². The Kier molecular flexibility index (Phi) is 3.38. The van der Waals surface area contributed by atoms with Gasteiger partial charge in [0.1, 0.15) is 0 Å². The van der Waals surface area contributed by atoms with Gasteiger partial charge in [-0.15, -0.1) is 0 Å². The molecular formula is C10H14IO-. The molecule has 0 saturated heterocycles. The number of hydrogen-bond acceptors (Lipinski definition) is 1. The number of aryl methyl sites for hydroxylation is 1. The van der Waals surface area contributed by atoms with Crippen molar-refractivity contribution in [2.24, 2.45) is 0 Å². The van der Waals surface area contributed by atoms with Gasteiger partial charge in [0.2, 0.25) is 0 Å². The van der Waals surface area contributed by atoms with Crippen LogP contribution in [0.2, 0.25) is 0 Å². The third kappa shape index (κ3) is 2.37. The van der Waals surface area contributed by atoms with Crippen LogP contribution in [0.15, 0.2) is 18.2 Å². The SMILES string of the molecule is C[I-][C@H](C)c1cc(C)cc(O)c1. The Morgan fingerprint density at radius 3 is 2.50 bits per heavy atom. The predicted molar refractivity (Wildman–Crippen MR) is 47.2 cm³/mol. The molecule has 0 aromatic heterocycles. The van der Waals surface area contributed by atoms with Crippen LogP contribution < -0.4 is 21.2 Å². The second kappa shape index (κ2) is 4.12. The van der Waals surface area contributed by atoms with Crippen molar-refractivity contribution < 1.29 is 26.3 Å². The molecule has 0 radical (unpaired) electrons. The maximum absolute atomic E-state index is 9.35. The molecule has 0 aliphatic rings. The van der Waals surface area contributed by atoms with Crippen molar-refractivity contribution in [2.45, 2.75) is 17.8 Å². The van der Waals surface area contributed by atoms with Gasteiger partial charge in [0.15, 0.2) is 0 Å². The van der Waals surface area contributed by atoms with Crippen LogP contribution in [0.4, 0.5) is 0 Å². The topological polar surface area (TPSA) is 20.2 Å². The van der Waals surface area contributed by atoms with E-state index in [1.165, 1.54) is 5.56 Å². The van der Waals surface area contributed by atoms with E-state index in [0.29, 0.717) is 9.67 Å². The van der Waals surface area contributed by atoms with E-state index in [-0.39, 0.29) is 21.2 Å². The summed E-state index contributed by atoms with van der Waals surface area (Å²) < 4.78 is 0.648. The molecule has 1 nitrogen and oxygen atoms in total. The van der Waals surface area contributed by atoms with Gasteiger partial charge < -0.3 is 0 Å². The Labute approximate surface area is 84.1 Å². The fourth-order valence-electron chi connectivity index (χ4n) is 1.15. The van der Waals surface area contributed by atoms with Gasteiger partial charge in [0.25, 0.3) is 0 Å². The van der Waals surface area contributed by atoms with Crippen molar-refractivity contribution in [1.29, 1.82) is 0 Å². The fraction of sp³-hybridized carbons (Fsp3) is 0.400. The monoisotopic (exact) mass is 277 g/mol. The molecular weight excluding hydrogens is 263 g/mol. The van der Waals surface area contributed by atoms with E-state index in [0.717, 1.165) is 5.56 Å². The van der Waals surface area contributed by atoms with Crippen LogP contribution in [0.25, 0.3) is 0 Å². The second-order valence-corrected chi connectivity index (χ2v) is 6.05. The van der Waals surface area contributed by atoms with Gasteiger partial charge in [0.05, 0.1) is 0 Å². The molecule has 2 heteroatoms. The van der Waals surface area contributed by atoms with E-state index in [1.54, 1.807) is 6.07 Å². The summed E-state index contributed by atoms with van der Waals surface area (Å²) in [5, 5.41) is 9.35. The first-order valence-electron chi connectivity index (χ1n) is 3.92. The third-order valence-corrected chi connectivity index (χ3v) is 4.46. The molecule has 0 saturated carbocycles. The number of phenolic OH excluding ortho intramolecular Hbond substituents is 1. The van der Waals surface area contributed by atoms with Crippen LogP contribution in [0, 0.1) is 6.92 Å². The van der Waals surface area contributed by atoms with Gasteiger partial charge in [-0.1, -0.05) is 0 Å². The summed E-state index contributed by atoms with van der Waals surface area (Å²) in [5.74, 6) is 0.398. The molecule has 1 aromatic rings. The summed E-state index contributed by atoms with van der Waals surface area (Å²) in [7, 11) is 0. The fourth-order valence-corrected chi connectivity index (χ4v) is 2.23. The zero-order valence-electron chi connectivity index (χ0n) is 7.63. The van der Waals surface area contributed by atoms with Gasteiger partial charge in [-0.3, -0.25) is 0 Å². The molecule has 0 aliphatic carbocycles. The average Bonchev–Trinajstić information content (AvgIpc) is 2.01. The number of rotatable bonds is 2. The summed E-state index contributed by atoms with van der Waals surface area (Å²) in [4.78, 5) is 2.27. The summed E-state index contributed by atoms with van der Waals surface area (Å²) in [6, 6.07) is 5.83. The number of alkyl halides is 2. The summed E-state index contributed by atoms with van der Waals surface area (Å²) in [6.45, 7) is 4.24. The third-order valence-electron chi connectivity index (χ3n) is 1.87. The van der Waals surface area contributed by atoms with Gasteiger partial charge in [0, 0.05) is 0 Å². The van der Waals surface area contributed by atoms with E-state index in [9.17, 15) is 5.11 Å². The van der Waals surface area contributed by atoms with Crippen LogP contribution in [0.5, 0.6) is 5.75 Å². The normalized spacial score (nSPS) is 13.2. The van der Waals surface area contributed by atoms with Crippen molar-refractivity contribution in [3.63, 3.8) is 0 Å². The molecule has 0 amide bonds. The number of phenols is 1. The molecule has 0 heterocycles. The van der Waals surface area contributed by atoms with Gasteiger partial charge >= 0.3 is 84.1 Å². The zero-order valence-corrected chi connectivity index (χ0v) is 9.79. The number of benzene rings is 1. The Morgan fingerprint density at radius 1 is 1.33 bits per heavy atom. The first-order chi connectivity index (χ1) is 5.63. The van der Waals surface area contributed by atoms with E-state index in [4.69, 9.17) is 0 Å². The van der Waals surface area contributed by atoms with E-state index in [2.05, 4.69) is 17.9 Å². The molecule has 1 N–H and O–H groups in total. The predicted octanol–water partition coefficient (Wildman–Crippen LogP) is -0.520. The molecule has 1 aromatic carbocycles. The molecule has 68 valence electrons. The minimum atomic E-state index is 0.229. The van der Waals surface area contributed by atoms with Crippen molar-refractivity contribution in [3.05, 3.63) is 29.3 Å². The van der Waals surface area contributed by atoms with Crippen molar-refractivity contribution >= 4 is 0 Å². The first kappa shape index (κ1) is 9.84. The van der Waals surface area contributed by atoms with Crippen LogP contribution in [-0.2, 0) is 0 Å². The summed E-state index contributed by atoms with van der Waals surface area (Å²) in [5.41, 5.74) is 2.43. The Bertz CT molecular complexity index is 250. The Morgan fingerprint density at radius 2 is 2.00 bits per heavy atom. The maximum atomic E-state index is 9.35. The van der Waals surface area contributed by atoms with Gasteiger partial charge in [-0.2, -0.15) is 0 Å². The van der Waals surface area contributed by atoms with Crippen LogP contribution in [-0.4, -0.2) is 10.0 Å². The molecule has 0 aliphatic heterocycles. The molecule has 0 bridgehead atoms. The average molecular weight is 277 g/mol. The van der Waals surface area contributed by atoms with Crippen LogP contribution in [0.1, 0.15) is 22.0 Å². The van der Waals surface area contributed by atoms with E-state index in [1.807, 2.05) is 13.0 Å². The molecule has 0 spiro atoms. The van der Waals surface area contributed by atoms with Crippen molar-refractivity contribution in [3.8, 4) is 5.75 Å². The van der Waals surface area contributed by atoms with E-state index >= 15 is 0 Å². The second-order valence-electron chi connectivity index (χ2n) is 2.94. The van der Waals surface area contributed by atoms with Crippen LogP contribution in [0.3, 0.4) is 0 Å². The van der Waals surface area contributed by atoms with Gasteiger partial charge in [-0.05, 0) is 0 Å². The van der Waals surface area contributed by atoms with Crippen molar-refractivity contribution in [1.82, 2.24) is 0 Å². The van der Waals surface area contributed by atoms with E-state index < -0.39 is 0 Å². The zero-order chi connectivity index (χ0) is 9.14. The number of hydrogen-bond donors (Lipinski definition) is 1. The first-order valence-corrected chi connectivity index (χ1v) is 7.32. The summed E-state index contributed by atoms with van der Waals surface area (Å²) >= 11 is 0.229.